The first kappa shape index (κ1) is 60.1. The topological polar surface area (TPSA) is 403 Å². The van der Waals surface area contributed by atoms with E-state index in [0.717, 1.165) is 6.92 Å². The first-order chi connectivity index (χ1) is 30.3. The Morgan fingerprint density at radius 3 is 1.14 bits per heavy atom. The van der Waals surface area contributed by atoms with Crippen LogP contribution in [0, 0.1) is 29.6 Å². The van der Waals surface area contributed by atoms with E-state index in [1.807, 2.05) is 13.8 Å². The van der Waals surface area contributed by atoms with E-state index in [2.05, 4.69) is 42.5 Å². The number of amides is 10. The van der Waals surface area contributed by atoms with Gasteiger partial charge in [-0.05, 0) is 56.3 Å². The average molecular weight is 942 g/mol. The number of hydrogen-bond donors (Lipinski definition) is 13. The molecule has 0 aromatic heterocycles. The van der Waals surface area contributed by atoms with Crippen LogP contribution in [0.15, 0.2) is 0 Å². The Balaban J connectivity index is 6.16. The number of nitrogens with one attached hydrogen (secondary N) is 8. The molecule has 24 heteroatoms. The van der Waals surface area contributed by atoms with Gasteiger partial charge in [-0.2, -0.15) is 0 Å². The van der Waals surface area contributed by atoms with Gasteiger partial charge in [0.2, 0.25) is 59.1 Å². The van der Waals surface area contributed by atoms with Crippen molar-refractivity contribution in [1.82, 2.24) is 42.5 Å². The molecule has 0 aliphatic carbocycles. The zero-order valence-corrected chi connectivity index (χ0v) is 40.1. The summed E-state index contributed by atoms with van der Waals surface area (Å²) in [6.07, 6.45) is -2.60. The van der Waals surface area contributed by atoms with Gasteiger partial charge < -0.3 is 69.9 Å². The lowest BCUT2D eigenvalue weighted by molar-refractivity contribution is -0.144. The monoisotopic (exact) mass is 942 g/mol. The lowest BCUT2D eigenvalue weighted by atomic mass is 9.99. The molecule has 0 aliphatic heterocycles. The number of carboxylic acids is 1. The summed E-state index contributed by atoms with van der Waals surface area (Å²) < 4.78 is 0. The van der Waals surface area contributed by atoms with E-state index in [0.29, 0.717) is 0 Å². The molecule has 0 radical (unpaired) electrons. The lowest BCUT2D eigenvalue weighted by Gasteiger charge is -2.29. The van der Waals surface area contributed by atoms with Gasteiger partial charge in [0.15, 0.2) is 0 Å². The summed E-state index contributed by atoms with van der Waals surface area (Å²) in [5, 5.41) is 39.1. The summed E-state index contributed by atoms with van der Waals surface area (Å²) in [5.41, 5.74) is 16.6. The van der Waals surface area contributed by atoms with Crippen LogP contribution >= 0.6 is 0 Å². The highest BCUT2D eigenvalue weighted by molar-refractivity contribution is 5.99. The molecule has 0 bridgehead atoms. The largest absolute Gasteiger partial charge is 0.480 e. The van der Waals surface area contributed by atoms with E-state index >= 15 is 0 Å². The van der Waals surface area contributed by atoms with Gasteiger partial charge in [-0.15, -0.1) is 0 Å². The summed E-state index contributed by atoms with van der Waals surface area (Å²) in [4.78, 5) is 142. The van der Waals surface area contributed by atoms with Gasteiger partial charge in [0.05, 0.1) is 25.0 Å². The Morgan fingerprint density at radius 1 is 0.409 bits per heavy atom. The van der Waals surface area contributed by atoms with E-state index in [1.165, 1.54) is 20.8 Å². The Labute approximate surface area is 385 Å². The SMILES string of the molecule is CC(C)C[C@H](NC(=O)[C@H](CC(N)=O)NC(=O)[C@@H](N)CC(C)C)C(=O)N[C@H](C(=O)N[C@@H](C)C(=O)N[C@H](C(=O)N[C@@H](CC(N)=O)C(=O)N[C@H](C(=O)N[C@H](C(=O)O)C(C)C)[C@@H](C)O)C(C)C)C(C)C. The van der Waals surface area contributed by atoms with Crippen molar-refractivity contribution in [2.45, 2.75) is 169 Å². The van der Waals surface area contributed by atoms with Crippen molar-refractivity contribution in [2.24, 2.45) is 46.8 Å². The predicted molar refractivity (Wildman–Crippen MR) is 239 cm³/mol. The lowest BCUT2D eigenvalue weighted by Crippen LogP contribution is -2.62. The summed E-state index contributed by atoms with van der Waals surface area (Å²) in [5.74, 6) is -12.6. The van der Waals surface area contributed by atoms with Gasteiger partial charge in [-0.1, -0.05) is 69.2 Å². The Kier molecular flexibility index (Phi) is 25.7. The van der Waals surface area contributed by atoms with E-state index in [-0.39, 0.29) is 24.7 Å². The summed E-state index contributed by atoms with van der Waals surface area (Å²) in [7, 11) is 0. The van der Waals surface area contributed by atoms with Crippen molar-refractivity contribution in [1.29, 1.82) is 0 Å². The molecule has 0 rings (SSSR count). The first-order valence-corrected chi connectivity index (χ1v) is 22.0. The smallest absolute Gasteiger partial charge is 0.326 e. The van der Waals surface area contributed by atoms with Crippen LogP contribution < -0.4 is 59.7 Å². The number of carbonyl (C=O) groups excluding carboxylic acids is 10. The quantitative estimate of drug-likeness (QED) is 0.0346. The fourth-order valence-electron chi connectivity index (χ4n) is 6.34. The summed E-state index contributed by atoms with van der Waals surface area (Å²) >= 11 is 0. The third-order valence-corrected chi connectivity index (χ3v) is 10.0. The molecule has 0 saturated carbocycles. The maximum atomic E-state index is 13.7. The Hall–Kier alpha value is -5.91. The number of aliphatic carboxylic acids is 1. The molecule has 0 saturated heterocycles. The van der Waals surface area contributed by atoms with E-state index < -0.39 is 156 Å². The van der Waals surface area contributed by atoms with Crippen molar-refractivity contribution in [3.63, 3.8) is 0 Å². The van der Waals surface area contributed by atoms with Crippen LogP contribution in [-0.2, 0) is 52.7 Å². The zero-order chi connectivity index (χ0) is 51.5. The number of hydrogen-bond acceptors (Lipinski definition) is 13. The Bertz CT molecular complexity index is 1740. The van der Waals surface area contributed by atoms with Gasteiger partial charge in [-0.25, -0.2) is 4.79 Å². The highest BCUT2D eigenvalue weighted by atomic mass is 16.4. The highest BCUT2D eigenvalue weighted by Crippen LogP contribution is 2.11. The van der Waals surface area contributed by atoms with Gasteiger partial charge in [-0.3, -0.25) is 47.9 Å². The first-order valence-electron chi connectivity index (χ1n) is 22.0. The molecule has 0 unspecified atom stereocenters. The number of carboxylic acid groups (broad SMARTS) is 1. The zero-order valence-electron chi connectivity index (χ0n) is 40.1. The maximum Gasteiger partial charge on any atom is 0.326 e. The van der Waals surface area contributed by atoms with Crippen LogP contribution in [0.3, 0.4) is 0 Å². The number of aliphatic hydroxyl groups is 1. The third kappa shape index (κ3) is 21.4. The van der Waals surface area contributed by atoms with Crippen LogP contribution in [0.1, 0.15) is 109 Å². The van der Waals surface area contributed by atoms with Crippen molar-refractivity contribution in [3.05, 3.63) is 0 Å². The molecule has 0 aromatic carbocycles. The minimum Gasteiger partial charge on any atom is -0.480 e. The highest BCUT2D eigenvalue weighted by Gasteiger charge is 2.37. The molecule has 16 N–H and O–H groups in total. The standard InChI is InChI=1S/C42H75N11O13/c1-17(2)13-24(43)35(58)47-26(15-28(44)55)36(59)48-25(14-18(3)4)37(60)51-30(19(5)6)39(62)46-22(11)34(57)50-31(20(7)8)40(63)49-27(16-29(45)56)38(61)53-33(23(12)54)41(64)52-32(21(9)10)42(65)66/h17-27,30-33,54H,13-16,43H2,1-12H3,(H2,44,55)(H2,45,56)(H,46,62)(H,47,58)(H,48,59)(H,49,63)(H,50,57)(H,51,60)(H,52,64)(H,53,61)(H,65,66)/t22-,23+,24-,25-,26-,27-,30-,31-,32-,33-/m0/s1. The minimum atomic E-state index is -1.74. The second kappa shape index (κ2) is 28.2. The number of primary amides is 2. The van der Waals surface area contributed by atoms with Crippen molar-refractivity contribution >= 4 is 65.0 Å². The van der Waals surface area contributed by atoms with Gasteiger partial charge in [0, 0.05) is 0 Å². The molecule has 0 heterocycles. The molecule has 0 aliphatic rings. The predicted octanol–water partition coefficient (Wildman–Crippen LogP) is -3.51. The molecule has 376 valence electrons. The number of aliphatic hydroxyl groups excluding tert-OH is 1. The second-order valence-electron chi connectivity index (χ2n) is 18.4. The molecule has 0 fully saturated rings. The third-order valence-electron chi connectivity index (χ3n) is 10.0. The molecule has 24 nitrogen and oxygen atoms in total. The molecular weight excluding hydrogens is 867 g/mol. The van der Waals surface area contributed by atoms with Crippen molar-refractivity contribution in [3.8, 4) is 0 Å². The second-order valence-corrected chi connectivity index (χ2v) is 18.4. The van der Waals surface area contributed by atoms with Crippen molar-refractivity contribution < 1.29 is 63.0 Å². The van der Waals surface area contributed by atoms with Gasteiger partial charge in [0.1, 0.15) is 48.3 Å². The fourth-order valence-corrected chi connectivity index (χ4v) is 6.34. The average Bonchev–Trinajstić information content (AvgIpc) is 3.17. The fraction of sp³-hybridized carbons (Fsp3) is 0.738. The van der Waals surface area contributed by atoms with Crippen LogP contribution in [0.2, 0.25) is 0 Å². The summed E-state index contributed by atoms with van der Waals surface area (Å²) in [6.45, 7) is 19.0. The van der Waals surface area contributed by atoms with Crippen LogP contribution in [0.25, 0.3) is 0 Å². The molecule has 10 atom stereocenters. The number of rotatable bonds is 29. The number of nitrogens with two attached hydrogens (primary N) is 3. The van der Waals surface area contributed by atoms with Crippen LogP contribution in [0.4, 0.5) is 0 Å². The van der Waals surface area contributed by atoms with E-state index in [9.17, 15) is 63.0 Å². The van der Waals surface area contributed by atoms with Gasteiger partial charge in [0.25, 0.3) is 0 Å². The molecule has 0 spiro atoms. The van der Waals surface area contributed by atoms with E-state index in [4.69, 9.17) is 17.2 Å². The molecule has 66 heavy (non-hydrogen) atoms. The molecule has 10 amide bonds. The maximum absolute atomic E-state index is 13.7. The van der Waals surface area contributed by atoms with Gasteiger partial charge >= 0.3 is 5.97 Å². The molecular formula is C42H75N11O13. The Morgan fingerprint density at radius 2 is 0.742 bits per heavy atom. The normalized spacial score (nSPS) is 16.0. The van der Waals surface area contributed by atoms with Crippen molar-refractivity contribution in [2.75, 3.05) is 0 Å². The van der Waals surface area contributed by atoms with Crippen LogP contribution in [0.5, 0.6) is 0 Å². The minimum absolute atomic E-state index is 0.0473. The molecule has 0 aromatic rings. The number of carbonyl (C=O) groups is 11. The van der Waals surface area contributed by atoms with Crippen LogP contribution in [-0.4, -0.2) is 136 Å². The van der Waals surface area contributed by atoms with E-state index in [1.54, 1.807) is 41.5 Å². The summed E-state index contributed by atoms with van der Waals surface area (Å²) in [6, 6.07) is -12.6.